The van der Waals surface area contributed by atoms with Gasteiger partial charge in [0.1, 0.15) is 4.60 Å². The van der Waals surface area contributed by atoms with Crippen molar-refractivity contribution < 1.29 is 4.74 Å². The Bertz CT molecular complexity index is 290. The molecule has 1 aliphatic heterocycles. The minimum absolute atomic E-state index is 0.636. The second-order valence-corrected chi connectivity index (χ2v) is 3.36. The van der Waals surface area contributed by atoms with Gasteiger partial charge in [0, 0.05) is 24.0 Å². The number of hydrogen-bond donors (Lipinski definition) is 1. The lowest BCUT2D eigenvalue weighted by atomic mass is 10.2. The predicted molar refractivity (Wildman–Crippen MR) is 50.1 cm³/mol. The first-order valence-corrected chi connectivity index (χ1v) is 4.62. The summed E-state index contributed by atoms with van der Waals surface area (Å²) < 4.78 is 6.24. The molecule has 1 N–H and O–H groups in total. The Morgan fingerprint density at radius 1 is 1.58 bits per heavy atom. The lowest BCUT2D eigenvalue weighted by Gasteiger charge is -2.06. The Kier molecular flexibility index (Phi) is 2.28. The average Bonchev–Trinajstić information content (AvgIpc) is 2.30. The van der Waals surface area contributed by atoms with Gasteiger partial charge in [-0.3, -0.25) is 0 Å². The zero-order chi connectivity index (χ0) is 8.39. The number of nitrogens with zero attached hydrogens (tertiary/aromatic N) is 1. The molecule has 2 rings (SSSR count). The van der Waals surface area contributed by atoms with Crippen molar-refractivity contribution in [2.24, 2.45) is 0 Å². The second-order valence-electron chi connectivity index (χ2n) is 2.61. The van der Waals surface area contributed by atoms with Crippen LogP contribution in [0.25, 0.3) is 0 Å². The number of hydrogen-bond acceptors (Lipinski definition) is 3. The second kappa shape index (κ2) is 3.41. The number of anilines is 1. The molecule has 0 saturated heterocycles. The molecule has 0 aliphatic carbocycles. The van der Waals surface area contributed by atoms with Crippen LogP contribution in [0.3, 0.4) is 0 Å². The summed E-state index contributed by atoms with van der Waals surface area (Å²) in [6.07, 6.45) is 1.78. The molecule has 0 atom stereocenters. The average molecular weight is 229 g/mol. The van der Waals surface area contributed by atoms with Crippen molar-refractivity contribution in [3.05, 3.63) is 22.4 Å². The van der Waals surface area contributed by atoms with Gasteiger partial charge >= 0.3 is 0 Å². The molecule has 0 amide bonds. The van der Waals surface area contributed by atoms with Gasteiger partial charge < -0.3 is 10.1 Å². The first-order valence-electron chi connectivity index (χ1n) is 3.83. The molecule has 0 spiro atoms. The van der Waals surface area contributed by atoms with E-state index in [0.717, 1.165) is 29.0 Å². The van der Waals surface area contributed by atoms with Crippen molar-refractivity contribution >= 4 is 21.6 Å². The first kappa shape index (κ1) is 8.01. The minimum Gasteiger partial charge on any atom is -0.382 e. The minimum atomic E-state index is 0.636. The normalized spacial score (nSPS) is 16.1. The fourth-order valence-electron chi connectivity index (χ4n) is 1.20. The summed E-state index contributed by atoms with van der Waals surface area (Å²) in [5.41, 5.74) is 2.23. The number of aromatic nitrogens is 1. The molecule has 1 aliphatic rings. The van der Waals surface area contributed by atoms with Crippen molar-refractivity contribution in [1.82, 2.24) is 4.98 Å². The number of ether oxygens (including phenoxy) is 1. The summed E-state index contributed by atoms with van der Waals surface area (Å²) >= 11 is 3.39. The van der Waals surface area contributed by atoms with Gasteiger partial charge in [0.2, 0.25) is 0 Å². The molecular weight excluding hydrogens is 220 g/mol. The summed E-state index contributed by atoms with van der Waals surface area (Å²) in [5.74, 6) is 0. The van der Waals surface area contributed by atoms with Gasteiger partial charge in [-0.2, -0.15) is 0 Å². The largest absolute Gasteiger partial charge is 0.382 e. The first-order chi connectivity index (χ1) is 5.88. The van der Waals surface area contributed by atoms with Crippen LogP contribution in [0.2, 0.25) is 0 Å². The maximum Gasteiger partial charge on any atom is 0.113 e. The number of halogens is 1. The highest BCUT2D eigenvalue weighted by Crippen LogP contribution is 2.24. The molecule has 1 aromatic heterocycles. The summed E-state index contributed by atoms with van der Waals surface area (Å²) in [6, 6.07) is 1.97. The van der Waals surface area contributed by atoms with Crippen molar-refractivity contribution in [3.8, 4) is 0 Å². The summed E-state index contributed by atoms with van der Waals surface area (Å²) in [4.78, 5) is 4.13. The van der Waals surface area contributed by atoms with Crippen LogP contribution < -0.4 is 5.32 Å². The topological polar surface area (TPSA) is 34.1 Å². The molecule has 0 bridgehead atoms. The summed E-state index contributed by atoms with van der Waals surface area (Å²) in [5, 5.41) is 3.27. The van der Waals surface area contributed by atoms with Crippen LogP contribution >= 0.6 is 15.9 Å². The molecule has 1 aromatic rings. The lowest BCUT2D eigenvalue weighted by molar-refractivity contribution is 0.134. The van der Waals surface area contributed by atoms with Gasteiger partial charge in [-0.25, -0.2) is 4.98 Å². The van der Waals surface area contributed by atoms with E-state index in [1.807, 2.05) is 6.07 Å². The van der Waals surface area contributed by atoms with Crippen LogP contribution in [0.4, 0.5) is 5.69 Å². The third kappa shape index (κ3) is 1.44. The molecule has 0 saturated carbocycles. The molecule has 64 valence electrons. The number of rotatable bonds is 0. The van der Waals surface area contributed by atoms with E-state index in [9.17, 15) is 0 Å². The molecule has 0 fully saturated rings. The van der Waals surface area contributed by atoms with Crippen LogP contribution in [0.1, 0.15) is 5.56 Å². The Morgan fingerprint density at radius 2 is 2.50 bits per heavy atom. The summed E-state index contributed by atoms with van der Waals surface area (Å²) in [7, 11) is 0. The Labute approximate surface area is 79.3 Å². The highest BCUT2D eigenvalue weighted by atomic mass is 79.9. The zero-order valence-corrected chi connectivity index (χ0v) is 8.10. The fraction of sp³-hybridized carbons (Fsp3) is 0.375. The quantitative estimate of drug-likeness (QED) is 0.688. The predicted octanol–water partition coefficient (Wildman–Crippen LogP) is 1.79. The molecule has 0 unspecified atom stereocenters. The number of pyridine rings is 1. The maximum atomic E-state index is 5.37. The van der Waals surface area contributed by atoms with Crippen molar-refractivity contribution in [2.45, 2.75) is 6.61 Å². The molecule has 12 heavy (non-hydrogen) atoms. The van der Waals surface area contributed by atoms with E-state index in [1.165, 1.54) is 0 Å². The number of fused-ring (bicyclic) bond motifs is 1. The van der Waals surface area contributed by atoms with E-state index in [-0.39, 0.29) is 0 Å². The van der Waals surface area contributed by atoms with Gasteiger partial charge in [-0.15, -0.1) is 0 Å². The number of nitrogens with one attached hydrogen (secondary N) is 1. The zero-order valence-electron chi connectivity index (χ0n) is 6.51. The van der Waals surface area contributed by atoms with E-state index >= 15 is 0 Å². The van der Waals surface area contributed by atoms with E-state index in [2.05, 4.69) is 26.2 Å². The highest BCUT2D eigenvalue weighted by molar-refractivity contribution is 9.10. The Morgan fingerprint density at radius 3 is 3.42 bits per heavy atom. The molecule has 4 heteroatoms. The summed E-state index contributed by atoms with van der Waals surface area (Å²) in [6.45, 7) is 2.25. The maximum absolute atomic E-state index is 5.37. The Balaban J connectivity index is 2.42. The fourth-order valence-corrected chi connectivity index (χ4v) is 1.65. The molecule has 0 radical (unpaired) electrons. The monoisotopic (exact) mass is 228 g/mol. The molecule has 3 nitrogen and oxygen atoms in total. The van der Waals surface area contributed by atoms with Gasteiger partial charge in [-0.1, -0.05) is 0 Å². The lowest BCUT2D eigenvalue weighted by Crippen LogP contribution is -2.04. The molecule has 2 heterocycles. The van der Waals surface area contributed by atoms with Gasteiger partial charge in [0.05, 0.1) is 13.2 Å². The van der Waals surface area contributed by atoms with E-state index < -0.39 is 0 Å². The van der Waals surface area contributed by atoms with Gasteiger partial charge in [-0.05, 0) is 22.0 Å². The van der Waals surface area contributed by atoms with E-state index in [4.69, 9.17) is 4.74 Å². The van der Waals surface area contributed by atoms with Crippen LogP contribution in [-0.4, -0.2) is 18.1 Å². The van der Waals surface area contributed by atoms with Crippen LogP contribution in [0.5, 0.6) is 0 Å². The van der Waals surface area contributed by atoms with E-state index in [0.29, 0.717) is 6.61 Å². The van der Waals surface area contributed by atoms with Gasteiger partial charge in [0.15, 0.2) is 0 Å². The molecule has 0 aromatic carbocycles. The van der Waals surface area contributed by atoms with Crippen molar-refractivity contribution in [2.75, 3.05) is 18.5 Å². The smallest absolute Gasteiger partial charge is 0.113 e. The third-order valence-electron chi connectivity index (χ3n) is 1.81. The van der Waals surface area contributed by atoms with Crippen LogP contribution in [-0.2, 0) is 11.3 Å². The highest BCUT2D eigenvalue weighted by Gasteiger charge is 2.10. The SMILES string of the molecule is Brc1nccc2c1COCCN2. The van der Waals surface area contributed by atoms with Crippen molar-refractivity contribution in [1.29, 1.82) is 0 Å². The molecular formula is C8H9BrN2O. The Hall–Kier alpha value is -0.610. The van der Waals surface area contributed by atoms with E-state index in [1.54, 1.807) is 6.20 Å². The van der Waals surface area contributed by atoms with Crippen molar-refractivity contribution in [3.63, 3.8) is 0 Å². The van der Waals surface area contributed by atoms with Crippen LogP contribution in [0, 0.1) is 0 Å². The van der Waals surface area contributed by atoms with Crippen LogP contribution in [0.15, 0.2) is 16.9 Å². The van der Waals surface area contributed by atoms with Gasteiger partial charge in [0.25, 0.3) is 0 Å². The standard InChI is InChI=1S/C8H9BrN2O/c9-8-6-5-12-4-3-10-7(6)1-2-11-8/h1-2,10H,3-5H2. The third-order valence-corrected chi connectivity index (χ3v) is 2.49.